The third-order valence-electron chi connectivity index (χ3n) is 1.91. The number of hydrogen-bond acceptors (Lipinski definition) is 2. The molecule has 1 aromatic rings. The van der Waals surface area contributed by atoms with E-state index in [9.17, 15) is 4.79 Å². The topological polar surface area (TPSA) is 49.3 Å². The minimum absolute atomic E-state index is 0.534. The number of halogens is 1. The third kappa shape index (κ3) is 2.73. The maximum Gasteiger partial charge on any atom is 0.326 e. The summed E-state index contributed by atoms with van der Waals surface area (Å²) in [5.41, 5.74) is 0.807. The summed E-state index contributed by atoms with van der Waals surface area (Å²) in [4.78, 5) is 10.8. The quantitative estimate of drug-likeness (QED) is 0.872. The summed E-state index contributed by atoms with van der Waals surface area (Å²) < 4.78 is 0.875. The van der Waals surface area contributed by atoms with Crippen molar-refractivity contribution in [3.63, 3.8) is 0 Å². The molecule has 0 spiro atoms. The Morgan fingerprint density at radius 2 is 2.21 bits per heavy atom. The molecule has 0 aliphatic rings. The van der Waals surface area contributed by atoms with E-state index in [2.05, 4.69) is 21.2 Å². The zero-order chi connectivity index (χ0) is 10.6. The van der Waals surface area contributed by atoms with E-state index >= 15 is 0 Å². The molecule has 2 N–H and O–H groups in total. The molecular formula is C10H12BrNO2. The number of nitrogens with one attached hydrogen (secondary N) is 1. The number of carboxylic acid groups (broad SMARTS) is 1. The molecule has 0 saturated heterocycles. The van der Waals surface area contributed by atoms with Gasteiger partial charge in [-0.15, -0.1) is 0 Å². The number of rotatable bonds is 4. The van der Waals surface area contributed by atoms with Crippen LogP contribution in [0, 0.1) is 0 Å². The van der Waals surface area contributed by atoms with Gasteiger partial charge in [-0.2, -0.15) is 0 Å². The normalized spacial score (nSPS) is 12.1. The summed E-state index contributed by atoms with van der Waals surface area (Å²) >= 11 is 3.35. The van der Waals surface area contributed by atoms with Crippen molar-refractivity contribution in [2.45, 2.75) is 19.4 Å². The Hall–Kier alpha value is -1.03. The largest absolute Gasteiger partial charge is 0.480 e. The Bertz CT molecular complexity index is 328. The van der Waals surface area contributed by atoms with Crippen molar-refractivity contribution >= 4 is 27.6 Å². The highest BCUT2D eigenvalue weighted by atomic mass is 79.9. The van der Waals surface area contributed by atoms with Gasteiger partial charge in [0.15, 0.2) is 0 Å². The maximum atomic E-state index is 10.8. The predicted molar refractivity (Wildman–Crippen MR) is 59.5 cm³/mol. The highest BCUT2D eigenvalue weighted by Gasteiger charge is 2.14. The van der Waals surface area contributed by atoms with Crippen LogP contribution in [-0.2, 0) is 4.79 Å². The molecule has 1 atom stereocenters. The minimum Gasteiger partial charge on any atom is -0.480 e. The average Bonchev–Trinajstić information content (AvgIpc) is 2.16. The lowest BCUT2D eigenvalue weighted by Gasteiger charge is -2.14. The molecule has 0 amide bonds. The molecule has 0 unspecified atom stereocenters. The number of para-hydroxylation sites is 1. The van der Waals surface area contributed by atoms with Gasteiger partial charge in [-0.25, -0.2) is 4.79 Å². The number of benzene rings is 1. The van der Waals surface area contributed by atoms with Crippen molar-refractivity contribution in [2.75, 3.05) is 5.32 Å². The summed E-state index contributed by atoms with van der Waals surface area (Å²) in [6.45, 7) is 1.84. The Kier molecular flexibility index (Phi) is 3.95. The Morgan fingerprint density at radius 3 is 2.71 bits per heavy atom. The first-order chi connectivity index (χ1) is 6.65. The van der Waals surface area contributed by atoms with Gasteiger partial charge in [0.2, 0.25) is 0 Å². The fourth-order valence-corrected chi connectivity index (χ4v) is 1.50. The molecule has 0 aromatic heterocycles. The summed E-state index contributed by atoms with van der Waals surface area (Å²) in [5, 5.41) is 11.8. The molecular weight excluding hydrogens is 246 g/mol. The molecule has 0 aliphatic heterocycles. The lowest BCUT2D eigenvalue weighted by molar-refractivity contribution is -0.137. The van der Waals surface area contributed by atoms with Gasteiger partial charge in [0.05, 0.1) is 0 Å². The molecule has 0 bridgehead atoms. The fourth-order valence-electron chi connectivity index (χ4n) is 1.10. The van der Waals surface area contributed by atoms with Gasteiger partial charge in [-0.05, 0) is 34.5 Å². The highest BCUT2D eigenvalue weighted by Crippen LogP contribution is 2.22. The summed E-state index contributed by atoms with van der Waals surface area (Å²) in [5.74, 6) is -0.830. The van der Waals surface area contributed by atoms with E-state index < -0.39 is 12.0 Å². The van der Waals surface area contributed by atoms with Crippen molar-refractivity contribution in [3.05, 3.63) is 28.7 Å². The van der Waals surface area contributed by atoms with Crippen molar-refractivity contribution in [1.29, 1.82) is 0 Å². The van der Waals surface area contributed by atoms with Crippen LogP contribution >= 0.6 is 15.9 Å². The van der Waals surface area contributed by atoms with E-state index in [1.165, 1.54) is 0 Å². The van der Waals surface area contributed by atoms with Gasteiger partial charge in [0, 0.05) is 10.2 Å². The zero-order valence-electron chi connectivity index (χ0n) is 7.83. The van der Waals surface area contributed by atoms with Gasteiger partial charge in [-0.1, -0.05) is 19.1 Å². The minimum atomic E-state index is -0.830. The summed E-state index contributed by atoms with van der Waals surface area (Å²) in [6, 6.07) is 6.93. The molecule has 1 aromatic carbocycles. The average molecular weight is 258 g/mol. The zero-order valence-corrected chi connectivity index (χ0v) is 9.41. The van der Waals surface area contributed by atoms with Crippen LogP contribution in [0.2, 0.25) is 0 Å². The van der Waals surface area contributed by atoms with Gasteiger partial charge < -0.3 is 10.4 Å². The molecule has 0 radical (unpaired) electrons. The van der Waals surface area contributed by atoms with E-state index in [4.69, 9.17) is 5.11 Å². The SMILES string of the molecule is CC[C@H](Nc1ccccc1Br)C(=O)O. The van der Waals surface area contributed by atoms with E-state index in [1.54, 1.807) is 0 Å². The number of anilines is 1. The molecule has 0 aliphatic carbocycles. The van der Waals surface area contributed by atoms with E-state index in [1.807, 2.05) is 31.2 Å². The lowest BCUT2D eigenvalue weighted by Crippen LogP contribution is -2.28. The monoisotopic (exact) mass is 257 g/mol. The molecule has 0 saturated carbocycles. The first kappa shape index (κ1) is 11.0. The van der Waals surface area contributed by atoms with Gasteiger partial charge >= 0.3 is 5.97 Å². The van der Waals surface area contributed by atoms with Crippen LogP contribution in [0.4, 0.5) is 5.69 Å². The van der Waals surface area contributed by atoms with Gasteiger partial charge in [0.25, 0.3) is 0 Å². The predicted octanol–water partition coefficient (Wildman–Crippen LogP) is 2.72. The van der Waals surface area contributed by atoms with Crippen molar-refractivity contribution < 1.29 is 9.90 Å². The summed E-state index contributed by atoms with van der Waals surface area (Å²) in [6.07, 6.45) is 0.552. The van der Waals surface area contributed by atoms with E-state index in [0.29, 0.717) is 6.42 Å². The van der Waals surface area contributed by atoms with Crippen LogP contribution in [0.5, 0.6) is 0 Å². The second kappa shape index (κ2) is 5.00. The third-order valence-corrected chi connectivity index (χ3v) is 2.60. The Balaban J connectivity index is 2.77. The van der Waals surface area contributed by atoms with E-state index in [0.717, 1.165) is 10.2 Å². The van der Waals surface area contributed by atoms with Crippen LogP contribution < -0.4 is 5.32 Å². The van der Waals surface area contributed by atoms with Crippen LogP contribution in [0.1, 0.15) is 13.3 Å². The second-order valence-corrected chi connectivity index (χ2v) is 3.78. The van der Waals surface area contributed by atoms with Crippen LogP contribution in [0.3, 0.4) is 0 Å². The summed E-state index contributed by atoms with van der Waals surface area (Å²) in [7, 11) is 0. The standard InChI is InChI=1S/C10H12BrNO2/c1-2-8(10(13)14)12-9-6-4-3-5-7(9)11/h3-6,8,12H,2H2,1H3,(H,13,14)/t8-/m0/s1. The fraction of sp³-hybridized carbons (Fsp3) is 0.300. The Labute approximate surface area is 91.3 Å². The van der Waals surface area contributed by atoms with Crippen molar-refractivity contribution in [2.24, 2.45) is 0 Å². The lowest BCUT2D eigenvalue weighted by atomic mass is 10.2. The van der Waals surface area contributed by atoms with E-state index in [-0.39, 0.29) is 0 Å². The van der Waals surface area contributed by atoms with Gasteiger partial charge in [0.1, 0.15) is 6.04 Å². The number of aliphatic carboxylic acids is 1. The number of carboxylic acids is 1. The molecule has 0 fully saturated rings. The molecule has 1 rings (SSSR count). The van der Waals surface area contributed by atoms with Crippen LogP contribution in [0.15, 0.2) is 28.7 Å². The first-order valence-corrected chi connectivity index (χ1v) is 5.18. The van der Waals surface area contributed by atoms with Crippen LogP contribution in [-0.4, -0.2) is 17.1 Å². The molecule has 4 heteroatoms. The maximum absolute atomic E-state index is 10.8. The molecule has 3 nitrogen and oxygen atoms in total. The van der Waals surface area contributed by atoms with Gasteiger partial charge in [-0.3, -0.25) is 0 Å². The number of carbonyl (C=O) groups is 1. The smallest absolute Gasteiger partial charge is 0.326 e. The second-order valence-electron chi connectivity index (χ2n) is 2.92. The van der Waals surface area contributed by atoms with Crippen LogP contribution in [0.25, 0.3) is 0 Å². The molecule has 0 heterocycles. The molecule has 14 heavy (non-hydrogen) atoms. The highest BCUT2D eigenvalue weighted by molar-refractivity contribution is 9.10. The first-order valence-electron chi connectivity index (χ1n) is 4.39. The van der Waals surface area contributed by atoms with Crippen molar-refractivity contribution in [1.82, 2.24) is 0 Å². The van der Waals surface area contributed by atoms with Crippen molar-refractivity contribution in [3.8, 4) is 0 Å². The number of hydrogen-bond donors (Lipinski definition) is 2. The Morgan fingerprint density at radius 1 is 1.57 bits per heavy atom. The molecule has 76 valence electrons.